The van der Waals surface area contributed by atoms with E-state index in [0.717, 1.165) is 10.4 Å². The maximum atomic E-state index is 6.78. The third-order valence-electron chi connectivity index (χ3n) is 4.06. The number of benzene rings is 2. The minimum Gasteiger partial charge on any atom is -0.379 e. The van der Waals surface area contributed by atoms with Gasteiger partial charge in [0.15, 0.2) is 0 Å². The zero-order valence-corrected chi connectivity index (χ0v) is 21.5. The Bertz CT molecular complexity index is 713. The molecule has 0 aliphatic carbocycles. The van der Waals surface area contributed by atoms with Gasteiger partial charge in [-0.25, -0.2) is 0 Å². The molecular formula is C16H22Cl2O6Si4. The molecule has 0 radical (unpaired) electrons. The summed E-state index contributed by atoms with van der Waals surface area (Å²) in [5.41, 5.74) is 0. The molecule has 0 bridgehead atoms. The lowest BCUT2D eigenvalue weighted by atomic mass is 10.4. The molecule has 3 rings (SSSR count). The molecule has 0 spiro atoms. The van der Waals surface area contributed by atoms with Crippen LogP contribution < -0.4 is 10.4 Å². The average molecular weight is 494 g/mol. The summed E-state index contributed by atoms with van der Waals surface area (Å²) in [7, 11) is -10.7. The first kappa shape index (κ1) is 22.3. The highest BCUT2D eigenvalue weighted by Gasteiger charge is 2.64. The standard InChI is InChI=1S/C16H22Cl2O6Si4/c1-19-27(15-11-7-5-8-12-15)21-25(3,17)23-28(20-2,24-26(4,18)22-27)16-13-9-6-10-14-16/h5-14H,1-4H3. The van der Waals surface area contributed by atoms with Gasteiger partial charge < -0.3 is 25.3 Å². The lowest BCUT2D eigenvalue weighted by Crippen LogP contribution is -2.74. The third-order valence-corrected chi connectivity index (χ3v) is 20.1. The van der Waals surface area contributed by atoms with Crippen molar-refractivity contribution < 1.29 is 25.3 Å². The summed E-state index contributed by atoms with van der Waals surface area (Å²) in [6.07, 6.45) is 0. The molecule has 0 unspecified atom stereocenters. The molecule has 1 aliphatic heterocycles. The molecule has 1 fully saturated rings. The van der Waals surface area contributed by atoms with Crippen LogP contribution in [0.2, 0.25) is 13.1 Å². The highest BCUT2D eigenvalue weighted by molar-refractivity contribution is 7.22. The summed E-state index contributed by atoms with van der Waals surface area (Å²) in [5.74, 6) is 0. The molecule has 12 heteroatoms. The second kappa shape index (κ2) is 8.41. The van der Waals surface area contributed by atoms with E-state index in [9.17, 15) is 0 Å². The van der Waals surface area contributed by atoms with Crippen LogP contribution in [-0.4, -0.2) is 47.6 Å². The molecule has 0 N–H and O–H groups in total. The van der Waals surface area contributed by atoms with Gasteiger partial charge in [0.2, 0.25) is 0 Å². The Balaban J connectivity index is 2.09. The van der Waals surface area contributed by atoms with Gasteiger partial charge in [0.25, 0.3) is 0 Å². The highest BCUT2D eigenvalue weighted by Crippen LogP contribution is 2.34. The van der Waals surface area contributed by atoms with E-state index in [1.165, 1.54) is 14.2 Å². The van der Waals surface area contributed by atoms with Crippen molar-refractivity contribution >= 4 is 65.9 Å². The van der Waals surface area contributed by atoms with Crippen LogP contribution in [0.4, 0.5) is 0 Å². The molecule has 1 aliphatic rings. The quantitative estimate of drug-likeness (QED) is 0.482. The molecule has 152 valence electrons. The first-order valence-corrected chi connectivity index (χ1v) is 18.7. The van der Waals surface area contributed by atoms with E-state index in [4.69, 9.17) is 47.5 Å². The Morgan fingerprint density at radius 3 is 1.14 bits per heavy atom. The van der Waals surface area contributed by atoms with Gasteiger partial charge in [-0.1, -0.05) is 60.7 Å². The fraction of sp³-hybridized carbons (Fsp3) is 0.250. The summed E-state index contributed by atoms with van der Waals surface area (Å²) in [6, 6.07) is 18.7. The Morgan fingerprint density at radius 1 is 0.607 bits per heavy atom. The molecule has 28 heavy (non-hydrogen) atoms. The Morgan fingerprint density at radius 2 is 0.893 bits per heavy atom. The molecule has 1 heterocycles. The predicted octanol–water partition coefficient (Wildman–Crippen LogP) is 2.67. The van der Waals surface area contributed by atoms with Crippen molar-refractivity contribution in [3.05, 3.63) is 60.7 Å². The number of rotatable bonds is 4. The highest BCUT2D eigenvalue weighted by atomic mass is 35.6. The second-order valence-electron chi connectivity index (χ2n) is 6.33. The van der Waals surface area contributed by atoms with Crippen LogP contribution in [0.3, 0.4) is 0 Å². The molecule has 0 aromatic heterocycles. The van der Waals surface area contributed by atoms with E-state index in [-0.39, 0.29) is 0 Å². The van der Waals surface area contributed by atoms with Crippen molar-refractivity contribution in [1.82, 2.24) is 0 Å². The summed E-state index contributed by atoms with van der Waals surface area (Å²) in [4.78, 5) is 0. The van der Waals surface area contributed by atoms with Gasteiger partial charge in [-0.15, -0.1) is 22.2 Å². The maximum absolute atomic E-state index is 6.78. The molecule has 2 aromatic rings. The van der Waals surface area contributed by atoms with E-state index in [0.29, 0.717) is 0 Å². The van der Waals surface area contributed by atoms with E-state index in [2.05, 4.69) is 0 Å². The summed E-state index contributed by atoms with van der Waals surface area (Å²) >= 11 is 13.6. The molecule has 1 saturated heterocycles. The molecule has 6 nitrogen and oxygen atoms in total. The average Bonchev–Trinajstić information content (AvgIpc) is 2.66. The van der Waals surface area contributed by atoms with Crippen LogP contribution in [0.25, 0.3) is 0 Å². The first-order chi connectivity index (χ1) is 13.2. The van der Waals surface area contributed by atoms with Crippen molar-refractivity contribution in [2.45, 2.75) is 13.1 Å². The fourth-order valence-electron chi connectivity index (χ4n) is 2.97. The number of hydrogen-bond acceptors (Lipinski definition) is 6. The van der Waals surface area contributed by atoms with Gasteiger partial charge in [0.1, 0.15) is 0 Å². The van der Waals surface area contributed by atoms with Gasteiger partial charge in [-0.2, -0.15) is 0 Å². The topological polar surface area (TPSA) is 55.4 Å². The van der Waals surface area contributed by atoms with E-state index >= 15 is 0 Å². The summed E-state index contributed by atoms with van der Waals surface area (Å²) in [5, 5.41) is 1.46. The van der Waals surface area contributed by atoms with Crippen LogP contribution in [0, 0.1) is 0 Å². The van der Waals surface area contributed by atoms with Gasteiger partial charge in [0.05, 0.1) is 0 Å². The second-order valence-corrected chi connectivity index (χ2v) is 21.3. The minimum absolute atomic E-state index is 0.731. The first-order valence-electron chi connectivity index (χ1n) is 8.56. The molecule has 2 aromatic carbocycles. The molecule has 0 saturated carbocycles. The van der Waals surface area contributed by atoms with Gasteiger partial charge >= 0.3 is 33.4 Å². The molecular weight excluding hydrogens is 471 g/mol. The monoisotopic (exact) mass is 492 g/mol. The SMILES string of the molecule is CO[Si]1(c2ccccc2)O[Si](C)(Cl)O[Si](OC)(c2ccccc2)O[Si](C)(Cl)O1. The fourth-order valence-corrected chi connectivity index (χ4v) is 21.4. The summed E-state index contributed by atoms with van der Waals surface area (Å²) < 4.78 is 36.8. The summed E-state index contributed by atoms with van der Waals surface area (Å²) in [6.45, 7) is 3.40. The number of halogens is 2. The van der Waals surface area contributed by atoms with E-state index in [1.54, 1.807) is 13.1 Å². The van der Waals surface area contributed by atoms with Crippen LogP contribution in [0.15, 0.2) is 60.7 Å². The van der Waals surface area contributed by atoms with Crippen molar-refractivity contribution in [3.8, 4) is 0 Å². The number of hydrogen-bond donors (Lipinski definition) is 0. The Hall–Kier alpha value is -0.352. The van der Waals surface area contributed by atoms with Crippen LogP contribution >= 0.6 is 22.2 Å². The smallest absolute Gasteiger partial charge is 0.379 e. The van der Waals surface area contributed by atoms with Crippen molar-refractivity contribution in [3.63, 3.8) is 0 Å². The van der Waals surface area contributed by atoms with Crippen LogP contribution in [-0.2, 0) is 25.3 Å². The zero-order chi connectivity index (χ0) is 20.5. The van der Waals surface area contributed by atoms with Gasteiger partial charge in [0, 0.05) is 24.6 Å². The van der Waals surface area contributed by atoms with Gasteiger partial charge in [-0.05, 0) is 13.1 Å². The molecule has 0 atom stereocenters. The largest absolute Gasteiger partial charge is 0.520 e. The molecule has 0 amide bonds. The minimum atomic E-state index is -3.49. The normalized spacial score (nSPS) is 36.5. The van der Waals surface area contributed by atoms with Crippen molar-refractivity contribution in [1.29, 1.82) is 0 Å². The van der Waals surface area contributed by atoms with Crippen LogP contribution in [0.5, 0.6) is 0 Å². The van der Waals surface area contributed by atoms with Crippen LogP contribution in [0.1, 0.15) is 0 Å². The van der Waals surface area contributed by atoms with E-state index < -0.39 is 33.4 Å². The van der Waals surface area contributed by atoms with Crippen molar-refractivity contribution in [2.24, 2.45) is 0 Å². The van der Waals surface area contributed by atoms with Gasteiger partial charge in [-0.3, -0.25) is 0 Å². The maximum Gasteiger partial charge on any atom is 0.520 e. The lowest BCUT2D eigenvalue weighted by Gasteiger charge is -2.45. The third kappa shape index (κ3) is 4.69. The van der Waals surface area contributed by atoms with Crippen molar-refractivity contribution in [2.75, 3.05) is 14.2 Å². The lowest BCUT2D eigenvalue weighted by molar-refractivity contribution is 0.134. The van der Waals surface area contributed by atoms with E-state index in [1.807, 2.05) is 60.7 Å². The Kier molecular flexibility index (Phi) is 6.71. The zero-order valence-electron chi connectivity index (χ0n) is 16.0. The predicted molar refractivity (Wildman–Crippen MR) is 117 cm³/mol. The Labute approximate surface area is 178 Å².